The van der Waals surface area contributed by atoms with E-state index >= 15 is 0 Å². The summed E-state index contributed by atoms with van der Waals surface area (Å²) in [5.41, 5.74) is 0.0852. The van der Waals surface area contributed by atoms with Crippen LogP contribution < -0.4 is 5.32 Å². The van der Waals surface area contributed by atoms with Gasteiger partial charge in [-0.25, -0.2) is 4.98 Å². The van der Waals surface area contributed by atoms with Crippen LogP contribution in [0.15, 0.2) is 5.38 Å². The fraction of sp³-hybridized carbons (Fsp3) is 0.556. The van der Waals surface area contributed by atoms with E-state index in [1.54, 1.807) is 5.38 Å². The predicted octanol–water partition coefficient (Wildman–Crippen LogP) is 0.953. The molecule has 1 heterocycles. The van der Waals surface area contributed by atoms with Gasteiger partial charge in [-0.2, -0.15) is 0 Å². The number of aliphatic hydroxyl groups is 1. The van der Waals surface area contributed by atoms with Crippen LogP contribution >= 0.6 is 11.3 Å². The van der Waals surface area contributed by atoms with E-state index in [1.165, 1.54) is 11.3 Å². The molecule has 0 spiro atoms. The number of nitrogens with one attached hydrogen (secondary N) is 1. The Morgan fingerprint density at radius 3 is 2.87 bits per heavy atom. The Kier molecular flexibility index (Phi) is 3.65. The zero-order valence-corrected chi connectivity index (χ0v) is 9.47. The number of carbonyl (C=O) groups is 1. The number of carboxylic acid groups (broad SMARTS) is 1. The maximum absolute atomic E-state index is 10.4. The summed E-state index contributed by atoms with van der Waals surface area (Å²) in [6, 6.07) is 0. The Bertz CT molecular complexity index is 349. The third-order valence-electron chi connectivity index (χ3n) is 1.72. The van der Waals surface area contributed by atoms with Crippen LogP contribution in [-0.2, 0) is 11.2 Å². The normalized spacial score (nSPS) is 11.4. The summed E-state index contributed by atoms with van der Waals surface area (Å²) in [4.78, 5) is 14.5. The highest BCUT2D eigenvalue weighted by molar-refractivity contribution is 7.13. The van der Waals surface area contributed by atoms with Crippen molar-refractivity contribution in [3.05, 3.63) is 11.1 Å². The first kappa shape index (κ1) is 11.9. The fourth-order valence-electron chi connectivity index (χ4n) is 0.930. The molecule has 0 radical (unpaired) electrons. The first-order valence-corrected chi connectivity index (χ1v) is 5.36. The Hall–Kier alpha value is -1.14. The zero-order chi connectivity index (χ0) is 11.5. The van der Waals surface area contributed by atoms with E-state index in [1.807, 2.05) is 13.8 Å². The number of aliphatic hydroxyl groups excluding tert-OH is 1. The van der Waals surface area contributed by atoms with Crippen molar-refractivity contribution in [2.45, 2.75) is 25.8 Å². The van der Waals surface area contributed by atoms with Gasteiger partial charge in [0.2, 0.25) is 0 Å². The van der Waals surface area contributed by atoms with Crippen LogP contribution in [0, 0.1) is 0 Å². The van der Waals surface area contributed by atoms with Crippen molar-refractivity contribution in [3.63, 3.8) is 0 Å². The largest absolute Gasteiger partial charge is 0.481 e. The first-order valence-electron chi connectivity index (χ1n) is 4.48. The number of nitrogens with zero attached hydrogens (tertiary/aromatic N) is 1. The van der Waals surface area contributed by atoms with Crippen molar-refractivity contribution in [1.29, 1.82) is 0 Å². The molecule has 1 aromatic rings. The van der Waals surface area contributed by atoms with E-state index in [-0.39, 0.29) is 13.0 Å². The average molecular weight is 230 g/mol. The molecular weight excluding hydrogens is 216 g/mol. The lowest BCUT2D eigenvalue weighted by molar-refractivity contribution is -0.136. The lowest BCUT2D eigenvalue weighted by Crippen LogP contribution is -2.34. The molecule has 84 valence electrons. The van der Waals surface area contributed by atoms with Crippen LogP contribution in [-0.4, -0.2) is 33.3 Å². The van der Waals surface area contributed by atoms with Gasteiger partial charge in [-0.05, 0) is 13.8 Å². The topological polar surface area (TPSA) is 82.5 Å². The van der Waals surface area contributed by atoms with Gasteiger partial charge in [-0.3, -0.25) is 4.79 Å². The molecule has 0 amide bonds. The van der Waals surface area contributed by atoms with E-state index in [2.05, 4.69) is 10.3 Å². The predicted molar refractivity (Wildman–Crippen MR) is 58.2 cm³/mol. The molecule has 15 heavy (non-hydrogen) atoms. The average Bonchev–Trinajstić information content (AvgIpc) is 2.50. The van der Waals surface area contributed by atoms with Crippen LogP contribution in [0.5, 0.6) is 0 Å². The number of anilines is 1. The molecule has 0 bridgehead atoms. The van der Waals surface area contributed by atoms with Crippen molar-refractivity contribution in [2.75, 3.05) is 11.9 Å². The van der Waals surface area contributed by atoms with Gasteiger partial charge in [0, 0.05) is 5.38 Å². The summed E-state index contributed by atoms with van der Waals surface area (Å²) in [7, 11) is 0. The second kappa shape index (κ2) is 4.59. The van der Waals surface area contributed by atoms with Gasteiger partial charge in [-0.15, -0.1) is 11.3 Å². The van der Waals surface area contributed by atoms with Crippen molar-refractivity contribution < 1.29 is 15.0 Å². The number of hydrogen-bond acceptors (Lipinski definition) is 5. The maximum atomic E-state index is 10.4. The molecule has 0 saturated carbocycles. The second-order valence-corrected chi connectivity index (χ2v) is 4.74. The summed E-state index contributed by atoms with van der Waals surface area (Å²) < 4.78 is 0. The first-order chi connectivity index (χ1) is 6.93. The summed E-state index contributed by atoms with van der Waals surface area (Å²) in [6.45, 7) is 3.66. The minimum atomic E-state index is -0.895. The van der Waals surface area contributed by atoms with E-state index in [0.29, 0.717) is 10.8 Å². The van der Waals surface area contributed by atoms with E-state index in [9.17, 15) is 4.79 Å². The third kappa shape index (κ3) is 3.85. The Morgan fingerprint density at radius 1 is 1.67 bits per heavy atom. The molecule has 0 fully saturated rings. The van der Waals surface area contributed by atoms with Gasteiger partial charge in [0.15, 0.2) is 5.13 Å². The summed E-state index contributed by atoms with van der Waals surface area (Å²) >= 11 is 1.34. The molecule has 5 nitrogen and oxygen atoms in total. The fourth-order valence-corrected chi connectivity index (χ4v) is 1.82. The molecule has 0 aliphatic rings. The van der Waals surface area contributed by atoms with Gasteiger partial charge in [0.25, 0.3) is 0 Å². The van der Waals surface area contributed by atoms with E-state index in [4.69, 9.17) is 10.2 Å². The number of hydrogen-bond donors (Lipinski definition) is 3. The Labute approximate surface area is 91.8 Å². The molecular formula is C9H14N2O3S. The molecule has 1 aromatic heterocycles. The lowest BCUT2D eigenvalue weighted by Gasteiger charge is -2.22. The minimum absolute atomic E-state index is 0.0131. The van der Waals surface area contributed by atoms with Crippen LogP contribution in [0.1, 0.15) is 19.5 Å². The Morgan fingerprint density at radius 2 is 2.33 bits per heavy atom. The maximum Gasteiger partial charge on any atom is 0.309 e. The van der Waals surface area contributed by atoms with Gasteiger partial charge >= 0.3 is 5.97 Å². The Balaban J connectivity index is 2.64. The minimum Gasteiger partial charge on any atom is -0.481 e. The van der Waals surface area contributed by atoms with Crippen molar-refractivity contribution >= 4 is 22.4 Å². The van der Waals surface area contributed by atoms with Gasteiger partial charge in [0.05, 0.1) is 24.3 Å². The zero-order valence-electron chi connectivity index (χ0n) is 8.65. The van der Waals surface area contributed by atoms with Crippen molar-refractivity contribution in [3.8, 4) is 0 Å². The van der Waals surface area contributed by atoms with Gasteiger partial charge < -0.3 is 15.5 Å². The number of aliphatic carboxylic acids is 1. The molecule has 6 heteroatoms. The SMILES string of the molecule is CC(C)(CO)Nc1nc(CC(=O)O)cs1. The highest BCUT2D eigenvalue weighted by Gasteiger charge is 2.17. The lowest BCUT2D eigenvalue weighted by atomic mass is 10.1. The number of rotatable bonds is 5. The standard InChI is InChI=1S/C9H14N2O3S/c1-9(2,5-12)11-8-10-6(4-15-8)3-7(13)14/h4,12H,3,5H2,1-2H3,(H,10,11)(H,13,14). The van der Waals surface area contributed by atoms with E-state index < -0.39 is 11.5 Å². The third-order valence-corrected chi connectivity index (χ3v) is 2.53. The van der Waals surface area contributed by atoms with Crippen LogP contribution in [0.3, 0.4) is 0 Å². The van der Waals surface area contributed by atoms with E-state index in [0.717, 1.165) is 0 Å². The monoisotopic (exact) mass is 230 g/mol. The highest BCUT2D eigenvalue weighted by Crippen LogP contribution is 2.20. The molecule has 0 unspecified atom stereocenters. The number of thiazole rings is 1. The van der Waals surface area contributed by atoms with Crippen molar-refractivity contribution in [2.24, 2.45) is 0 Å². The number of carboxylic acids is 1. The molecule has 0 aliphatic heterocycles. The molecule has 0 saturated heterocycles. The van der Waals surface area contributed by atoms with Gasteiger partial charge in [-0.1, -0.05) is 0 Å². The molecule has 3 N–H and O–H groups in total. The summed E-state index contributed by atoms with van der Waals surface area (Å²) in [6.07, 6.45) is -0.0717. The number of aromatic nitrogens is 1. The smallest absolute Gasteiger partial charge is 0.309 e. The molecule has 0 aliphatic carbocycles. The second-order valence-electron chi connectivity index (χ2n) is 3.88. The van der Waals surface area contributed by atoms with Crippen LogP contribution in [0.25, 0.3) is 0 Å². The summed E-state index contributed by atoms with van der Waals surface area (Å²) in [5.74, 6) is -0.895. The highest BCUT2D eigenvalue weighted by atomic mass is 32.1. The quantitative estimate of drug-likeness (QED) is 0.701. The van der Waals surface area contributed by atoms with Crippen LogP contribution in [0.2, 0.25) is 0 Å². The molecule has 0 atom stereocenters. The van der Waals surface area contributed by atoms with Crippen LogP contribution in [0.4, 0.5) is 5.13 Å². The van der Waals surface area contributed by atoms with Crippen molar-refractivity contribution in [1.82, 2.24) is 4.98 Å². The van der Waals surface area contributed by atoms with Gasteiger partial charge in [0.1, 0.15) is 0 Å². The summed E-state index contributed by atoms with van der Waals surface area (Å²) in [5, 5.41) is 22.9. The molecule has 0 aromatic carbocycles. The molecule has 1 rings (SSSR count).